The molecule has 0 saturated carbocycles. The molecule has 1 amide bonds. The Morgan fingerprint density at radius 1 is 1.04 bits per heavy atom. The second kappa shape index (κ2) is 7.75. The van der Waals surface area contributed by atoms with Gasteiger partial charge in [-0.3, -0.25) is 9.59 Å². The summed E-state index contributed by atoms with van der Waals surface area (Å²) in [6, 6.07) is 15.7. The van der Waals surface area contributed by atoms with Crippen LogP contribution in [0.3, 0.4) is 0 Å². The minimum Gasteiger partial charge on any atom is -0.356 e. The molecule has 0 fully saturated rings. The molecule has 0 radical (unpaired) electrons. The van der Waals surface area contributed by atoms with Gasteiger partial charge in [-0.1, -0.05) is 30.3 Å². The van der Waals surface area contributed by atoms with Gasteiger partial charge < -0.3 is 10.3 Å². The molecule has 128 valence electrons. The highest BCUT2D eigenvalue weighted by Crippen LogP contribution is 2.10. The number of carbonyl (C=O) groups excluding carboxylic acids is 1. The summed E-state index contributed by atoms with van der Waals surface area (Å²) in [5.41, 5.74) is 2.10. The van der Waals surface area contributed by atoms with Gasteiger partial charge in [0, 0.05) is 24.0 Å². The molecule has 4 nitrogen and oxygen atoms in total. The minimum atomic E-state index is -0.298. The first-order chi connectivity index (χ1) is 12.1. The lowest BCUT2D eigenvalue weighted by molar-refractivity contribution is -0.121. The van der Waals surface area contributed by atoms with Gasteiger partial charge in [-0.25, -0.2) is 4.39 Å². The Bertz CT molecular complexity index is 950. The van der Waals surface area contributed by atoms with Crippen molar-refractivity contribution in [2.45, 2.75) is 19.3 Å². The molecular formula is C20H19FN2O2. The first-order valence-corrected chi connectivity index (χ1v) is 8.24. The minimum absolute atomic E-state index is 0.110. The van der Waals surface area contributed by atoms with Crippen LogP contribution in [-0.4, -0.2) is 17.4 Å². The number of pyridine rings is 1. The van der Waals surface area contributed by atoms with Gasteiger partial charge in [0.15, 0.2) is 0 Å². The first kappa shape index (κ1) is 16.9. The van der Waals surface area contributed by atoms with E-state index < -0.39 is 0 Å². The van der Waals surface area contributed by atoms with Crippen molar-refractivity contribution in [3.63, 3.8) is 0 Å². The van der Waals surface area contributed by atoms with Gasteiger partial charge in [-0.2, -0.15) is 0 Å². The summed E-state index contributed by atoms with van der Waals surface area (Å²) < 4.78 is 13.1. The molecule has 0 saturated heterocycles. The van der Waals surface area contributed by atoms with Crippen LogP contribution < -0.4 is 10.9 Å². The van der Waals surface area contributed by atoms with Crippen molar-refractivity contribution >= 4 is 16.8 Å². The van der Waals surface area contributed by atoms with E-state index in [2.05, 4.69) is 10.3 Å². The van der Waals surface area contributed by atoms with Crippen molar-refractivity contribution < 1.29 is 9.18 Å². The van der Waals surface area contributed by atoms with E-state index in [9.17, 15) is 14.0 Å². The summed E-state index contributed by atoms with van der Waals surface area (Å²) in [6.07, 6.45) is 1.24. The number of benzene rings is 2. The van der Waals surface area contributed by atoms with Gasteiger partial charge in [-0.15, -0.1) is 0 Å². The molecule has 5 heteroatoms. The van der Waals surface area contributed by atoms with Crippen LogP contribution in [0, 0.1) is 5.82 Å². The Morgan fingerprint density at radius 3 is 2.72 bits per heavy atom. The zero-order valence-corrected chi connectivity index (χ0v) is 13.7. The number of rotatable bonds is 6. The lowest BCUT2D eigenvalue weighted by atomic mass is 10.1. The number of aryl methyl sites for hydroxylation is 1. The van der Waals surface area contributed by atoms with Crippen LogP contribution in [0.2, 0.25) is 0 Å². The number of amides is 1. The lowest BCUT2D eigenvalue weighted by Crippen LogP contribution is -2.27. The predicted molar refractivity (Wildman–Crippen MR) is 96.0 cm³/mol. The Balaban J connectivity index is 1.51. The summed E-state index contributed by atoms with van der Waals surface area (Å²) in [6.45, 7) is 0.392. The maximum Gasteiger partial charge on any atom is 0.251 e. The van der Waals surface area contributed by atoms with Gasteiger partial charge in [-0.05, 0) is 48.1 Å². The normalized spacial score (nSPS) is 10.8. The number of hydrogen-bond acceptors (Lipinski definition) is 2. The van der Waals surface area contributed by atoms with Crippen molar-refractivity contribution in [1.29, 1.82) is 0 Å². The maximum absolute atomic E-state index is 13.1. The Hall–Kier alpha value is -2.95. The van der Waals surface area contributed by atoms with E-state index in [0.29, 0.717) is 24.9 Å². The van der Waals surface area contributed by atoms with E-state index in [-0.39, 0.29) is 23.7 Å². The van der Waals surface area contributed by atoms with Gasteiger partial charge in [0.2, 0.25) is 5.91 Å². The monoisotopic (exact) mass is 338 g/mol. The molecular weight excluding hydrogens is 319 g/mol. The summed E-state index contributed by atoms with van der Waals surface area (Å²) >= 11 is 0. The van der Waals surface area contributed by atoms with Crippen LogP contribution in [0.25, 0.3) is 10.9 Å². The summed E-state index contributed by atoms with van der Waals surface area (Å²) in [5.74, 6) is -0.407. The third-order valence-corrected chi connectivity index (χ3v) is 4.08. The summed E-state index contributed by atoms with van der Waals surface area (Å²) in [7, 11) is 0. The van der Waals surface area contributed by atoms with E-state index in [1.807, 2.05) is 30.3 Å². The average Bonchev–Trinajstić information content (AvgIpc) is 2.60. The van der Waals surface area contributed by atoms with Crippen molar-refractivity contribution in [3.8, 4) is 0 Å². The van der Waals surface area contributed by atoms with Crippen LogP contribution >= 0.6 is 0 Å². The Kier molecular flexibility index (Phi) is 5.23. The number of aromatic amines is 1. The number of carbonyl (C=O) groups is 1. The number of hydrogen-bond donors (Lipinski definition) is 2. The second-order valence-electron chi connectivity index (χ2n) is 5.94. The zero-order valence-electron chi connectivity index (χ0n) is 13.7. The van der Waals surface area contributed by atoms with Crippen LogP contribution in [0.15, 0.2) is 59.4 Å². The van der Waals surface area contributed by atoms with Crippen molar-refractivity contribution in [2.24, 2.45) is 0 Å². The average molecular weight is 338 g/mol. The highest BCUT2D eigenvalue weighted by atomic mass is 19.1. The standard InChI is InChI=1S/C20H19FN2O2/c21-17-6-3-4-14(12-17)8-9-19(24)22-11-10-16-13-15-5-1-2-7-18(15)23-20(16)25/h1-7,12-13H,8-11H2,(H,22,24)(H,23,25). The van der Waals surface area contributed by atoms with Crippen LogP contribution in [0.4, 0.5) is 4.39 Å². The van der Waals surface area contributed by atoms with Gasteiger partial charge in [0.25, 0.3) is 5.56 Å². The van der Waals surface area contributed by atoms with E-state index in [4.69, 9.17) is 0 Å². The molecule has 0 aliphatic rings. The van der Waals surface area contributed by atoms with Gasteiger partial charge in [0.05, 0.1) is 0 Å². The molecule has 0 aliphatic carbocycles. The molecule has 2 aromatic carbocycles. The molecule has 0 spiro atoms. The predicted octanol–water partition coefficient (Wildman–Crippen LogP) is 2.96. The molecule has 0 unspecified atom stereocenters. The van der Waals surface area contributed by atoms with Gasteiger partial charge >= 0.3 is 0 Å². The molecule has 0 atom stereocenters. The van der Waals surface area contributed by atoms with Crippen molar-refractivity contribution in [3.05, 3.63) is 81.9 Å². The number of halogens is 1. The smallest absolute Gasteiger partial charge is 0.251 e. The fourth-order valence-electron chi connectivity index (χ4n) is 2.75. The molecule has 3 aromatic rings. The summed E-state index contributed by atoms with van der Waals surface area (Å²) in [4.78, 5) is 26.8. The molecule has 2 N–H and O–H groups in total. The summed E-state index contributed by atoms with van der Waals surface area (Å²) in [5, 5.41) is 3.77. The van der Waals surface area contributed by atoms with Gasteiger partial charge in [0.1, 0.15) is 5.82 Å². The Morgan fingerprint density at radius 2 is 1.88 bits per heavy atom. The largest absolute Gasteiger partial charge is 0.356 e. The van der Waals surface area contributed by atoms with Crippen LogP contribution in [0.5, 0.6) is 0 Å². The van der Waals surface area contributed by atoms with E-state index in [0.717, 1.165) is 16.5 Å². The van der Waals surface area contributed by atoms with Crippen molar-refractivity contribution in [2.75, 3.05) is 6.54 Å². The SMILES string of the molecule is O=C(CCc1cccc(F)c1)NCCc1cc2ccccc2[nH]c1=O. The maximum atomic E-state index is 13.1. The quantitative estimate of drug-likeness (QED) is 0.726. The molecule has 25 heavy (non-hydrogen) atoms. The third-order valence-electron chi connectivity index (χ3n) is 4.08. The number of para-hydroxylation sites is 1. The molecule has 1 aromatic heterocycles. The van der Waals surface area contributed by atoms with E-state index in [1.165, 1.54) is 12.1 Å². The molecule has 3 rings (SSSR count). The van der Waals surface area contributed by atoms with E-state index in [1.54, 1.807) is 12.1 Å². The lowest BCUT2D eigenvalue weighted by Gasteiger charge is -2.06. The van der Waals surface area contributed by atoms with Crippen LogP contribution in [0.1, 0.15) is 17.5 Å². The molecule has 0 bridgehead atoms. The molecule has 0 aliphatic heterocycles. The number of fused-ring (bicyclic) bond motifs is 1. The Labute approximate surface area is 144 Å². The third kappa shape index (κ3) is 4.53. The first-order valence-electron chi connectivity index (χ1n) is 8.24. The highest BCUT2D eigenvalue weighted by Gasteiger charge is 2.06. The second-order valence-corrected chi connectivity index (χ2v) is 5.94. The number of nitrogens with one attached hydrogen (secondary N) is 2. The van der Waals surface area contributed by atoms with Crippen molar-refractivity contribution in [1.82, 2.24) is 10.3 Å². The zero-order chi connectivity index (χ0) is 17.6. The fraction of sp³-hybridized carbons (Fsp3) is 0.200. The number of aromatic nitrogens is 1. The van der Waals surface area contributed by atoms with E-state index >= 15 is 0 Å². The molecule has 1 heterocycles. The number of H-pyrrole nitrogens is 1. The fourth-order valence-corrected chi connectivity index (χ4v) is 2.75. The van der Waals surface area contributed by atoms with Crippen LogP contribution in [-0.2, 0) is 17.6 Å². The topological polar surface area (TPSA) is 62.0 Å². The highest BCUT2D eigenvalue weighted by molar-refractivity contribution is 5.79.